The first kappa shape index (κ1) is 17.4. The van der Waals surface area contributed by atoms with Crippen LogP contribution in [0.3, 0.4) is 0 Å². The maximum atomic E-state index is 14.1. The maximum Gasteiger partial charge on any atom is 0.131 e. The van der Waals surface area contributed by atoms with Gasteiger partial charge in [0.15, 0.2) is 0 Å². The van der Waals surface area contributed by atoms with E-state index in [1.807, 2.05) is 48.3 Å². The Kier molecular flexibility index (Phi) is 5.31. The van der Waals surface area contributed by atoms with Gasteiger partial charge in [-0.05, 0) is 29.8 Å². The fraction of sp³-hybridized carbons (Fsp3) is 0.150. The van der Waals surface area contributed by atoms with E-state index in [1.165, 1.54) is 12.1 Å². The summed E-state index contributed by atoms with van der Waals surface area (Å²) in [7, 11) is 1.88. The molecule has 3 nitrogen and oxygen atoms in total. The van der Waals surface area contributed by atoms with Crippen molar-refractivity contribution in [3.8, 4) is 11.1 Å². The number of anilines is 1. The van der Waals surface area contributed by atoms with Gasteiger partial charge in [0.05, 0.1) is 24.5 Å². The molecule has 25 heavy (non-hydrogen) atoms. The Morgan fingerprint density at radius 3 is 2.60 bits per heavy atom. The lowest BCUT2D eigenvalue weighted by atomic mass is 10.0. The molecule has 1 N–H and O–H groups in total. The summed E-state index contributed by atoms with van der Waals surface area (Å²) in [5, 5.41) is 10.3. The Hall–Kier alpha value is -2.43. The van der Waals surface area contributed by atoms with Crippen LogP contribution in [0.4, 0.5) is 10.1 Å². The summed E-state index contributed by atoms with van der Waals surface area (Å²) in [6.45, 7) is -0.0454. The van der Waals surface area contributed by atoms with E-state index in [4.69, 9.17) is 11.6 Å². The Labute approximate surface area is 151 Å². The van der Waals surface area contributed by atoms with Crippen molar-refractivity contribution in [2.24, 2.45) is 0 Å². The van der Waals surface area contributed by atoms with Gasteiger partial charge in [0.25, 0.3) is 0 Å². The Bertz CT molecular complexity index is 857. The van der Waals surface area contributed by atoms with Gasteiger partial charge in [-0.2, -0.15) is 0 Å². The lowest BCUT2D eigenvalue weighted by Gasteiger charge is -2.29. The summed E-state index contributed by atoms with van der Waals surface area (Å²) in [4.78, 5) is 6.16. The fourth-order valence-corrected chi connectivity index (χ4v) is 2.97. The smallest absolute Gasteiger partial charge is 0.131 e. The lowest BCUT2D eigenvalue weighted by Crippen LogP contribution is -2.27. The van der Waals surface area contributed by atoms with Crippen molar-refractivity contribution in [2.75, 3.05) is 18.6 Å². The number of benzene rings is 2. The minimum atomic E-state index is -0.354. The third-order valence-corrected chi connectivity index (χ3v) is 4.43. The van der Waals surface area contributed by atoms with Crippen LogP contribution in [0.1, 0.15) is 11.6 Å². The number of nitrogens with zero attached hydrogens (tertiary/aromatic N) is 2. The Balaban J connectivity index is 1.97. The van der Waals surface area contributed by atoms with Crippen LogP contribution in [0.2, 0.25) is 5.02 Å². The fourth-order valence-electron chi connectivity index (χ4n) is 2.79. The minimum absolute atomic E-state index is 0.0454. The predicted octanol–water partition coefficient (Wildman–Crippen LogP) is 4.71. The highest BCUT2D eigenvalue weighted by Crippen LogP contribution is 2.30. The molecule has 1 atom stereocenters. The molecular weight excluding hydrogens is 339 g/mol. The molecule has 0 fully saturated rings. The number of pyridine rings is 1. The normalized spacial score (nSPS) is 12.0. The molecule has 0 amide bonds. The molecule has 3 rings (SSSR count). The van der Waals surface area contributed by atoms with Crippen LogP contribution in [0.15, 0.2) is 67.0 Å². The van der Waals surface area contributed by atoms with E-state index in [0.717, 1.165) is 11.3 Å². The summed E-state index contributed by atoms with van der Waals surface area (Å²) in [5.41, 5.74) is 2.80. The average Bonchev–Trinajstić information content (AvgIpc) is 2.65. The molecule has 0 aliphatic carbocycles. The Morgan fingerprint density at radius 2 is 1.88 bits per heavy atom. The van der Waals surface area contributed by atoms with E-state index in [9.17, 15) is 9.50 Å². The topological polar surface area (TPSA) is 36.4 Å². The molecule has 2 aromatic carbocycles. The molecule has 0 aliphatic rings. The molecular formula is C20H18ClFN2O. The van der Waals surface area contributed by atoms with E-state index in [2.05, 4.69) is 4.98 Å². The first-order valence-corrected chi connectivity index (χ1v) is 8.27. The number of halogens is 2. The first-order valence-electron chi connectivity index (χ1n) is 7.89. The molecule has 0 bridgehead atoms. The van der Waals surface area contributed by atoms with Gasteiger partial charge < -0.3 is 10.0 Å². The summed E-state index contributed by atoms with van der Waals surface area (Å²) in [6.07, 6.45) is 3.29. The molecule has 0 radical (unpaired) electrons. The number of likely N-dealkylation sites (N-methyl/N-ethyl adjacent to an activating group) is 1. The summed E-state index contributed by atoms with van der Waals surface area (Å²) >= 11 is 5.99. The van der Waals surface area contributed by atoms with Gasteiger partial charge in [-0.15, -0.1) is 0 Å². The highest BCUT2D eigenvalue weighted by Gasteiger charge is 2.17. The second kappa shape index (κ2) is 7.64. The number of aliphatic hydroxyl groups excluding tert-OH is 1. The number of aliphatic hydroxyl groups is 1. The van der Waals surface area contributed by atoms with Gasteiger partial charge in [-0.25, -0.2) is 4.39 Å². The largest absolute Gasteiger partial charge is 0.394 e. The van der Waals surface area contributed by atoms with Crippen molar-refractivity contribution in [3.63, 3.8) is 0 Å². The minimum Gasteiger partial charge on any atom is -0.394 e. The molecule has 1 unspecified atom stereocenters. The maximum absolute atomic E-state index is 14.1. The van der Waals surface area contributed by atoms with Crippen LogP contribution in [-0.4, -0.2) is 23.7 Å². The highest BCUT2D eigenvalue weighted by atomic mass is 35.5. The number of rotatable bonds is 5. The molecule has 0 spiro atoms. The van der Waals surface area contributed by atoms with E-state index in [-0.39, 0.29) is 18.5 Å². The molecule has 128 valence electrons. The second-order valence-corrected chi connectivity index (χ2v) is 6.21. The molecule has 3 aromatic rings. The molecule has 1 heterocycles. The zero-order chi connectivity index (χ0) is 17.8. The van der Waals surface area contributed by atoms with Crippen LogP contribution >= 0.6 is 11.6 Å². The zero-order valence-corrected chi connectivity index (χ0v) is 14.5. The summed E-state index contributed by atoms with van der Waals surface area (Å²) < 4.78 is 14.1. The van der Waals surface area contributed by atoms with Crippen LogP contribution in [0.25, 0.3) is 11.1 Å². The first-order chi connectivity index (χ1) is 12.1. The van der Waals surface area contributed by atoms with Gasteiger partial charge in [-0.3, -0.25) is 4.98 Å². The lowest BCUT2D eigenvalue weighted by molar-refractivity contribution is 0.264. The van der Waals surface area contributed by atoms with Crippen molar-refractivity contribution in [1.82, 2.24) is 4.98 Å². The molecule has 0 aliphatic heterocycles. The van der Waals surface area contributed by atoms with Crippen molar-refractivity contribution < 1.29 is 9.50 Å². The van der Waals surface area contributed by atoms with E-state index in [1.54, 1.807) is 18.5 Å². The highest BCUT2D eigenvalue weighted by molar-refractivity contribution is 6.30. The van der Waals surface area contributed by atoms with Gasteiger partial charge in [0, 0.05) is 29.4 Å². The van der Waals surface area contributed by atoms with Gasteiger partial charge in [0.1, 0.15) is 5.82 Å². The van der Waals surface area contributed by atoms with Crippen LogP contribution < -0.4 is 4.90 Å². The molecule has 0 saturated heterocycles. The van der Waals surface area contributed by atoms with Crippen molar-refractivity contribution in [2.45, 2.75) is 6.04 Å². The third kappa shape index (κ3) is 3.81. The SMILES string of the molecule is CN(c1cncc(-c2cc(Cl)ccc2F)c1)C(CO)c1ccccc1. The number of hydrogen-bond acceptors (Lipinski definition) is 3. The summed E-state index contributed by atoms with van der Waals surface area (Å²) in [6, 6.07) is 15.8. The van der Waals surface area contributed by atoms with E-state index in [0.29, 0.717) is 16.1 Å². The molecule has 1 aromatic heterocycles. The van der Waals surface area contributed by atoms with Crippen molar-refractivity contribution >= 4 is 17.3 Å². The van der Waals surface area contributed by atoms with Gasteiger partial charge in [-0.1, -0.05) is 41.9 Å². The predicted molar refractivity (Wildman–Crippen MR) is 99.3 cm³/mol. The second-order valence-electron chi connectivity index (χ2n) is 5.78. The Morgan fingerprint density at radius 1 is 1.12 bits per heavy atom. The third-order valence-electron chi connectivity index (χ3n) is 4.20. The average molecular weight is 357 g/mol. The quantitative estimate of drug-likeness (QED) is 0.719. The van der Waals surface area contributed by atoms with Crippen LogP contribution in [0, 0.1) is 5.82 Å². The van der Waals surface area contributed by atoms with Crippen LogP contribution in [0.5, 0.6) is 0 Å². The zero-order valence-electron chi connectivity index (χ0n) is 13.7. The van der Waals surface area contributed by atoms with Crippen molar-refractivity contribution in [3.05, 3.63) is 83.4 Å². The molecule has 5 heteroatoms. The standard InChI is InChI=1S/C20H18ClFN2O/c1-24(20(13-25)14-5-3-2-4-6-14)17-9-15(11-23-12-17)18-10-16(21)7-8-19(18)22/h2-12,20,25H,13H2,1H3. The summed E-state index contributed by atoms with van der Waals surface area (Å²) in [5.74, 6) is -0.354. The van der Waals surface area contributed by atoms with E-state index < -0.39 is 0 Å². The van der Waals surface area contributed by atoms with E-state index >= 15 is 0 Å². The monoisotopic (exact) mass is 356 g/mol. The molecule has 0 saturated carbocycles. The number of hydrogen-bond donors (Lipinski definition) is 1. The van der Waals surface area contributed by atoms with Gasteiger partial charge >= 0.3 is 0 Å². The van der Waals surface area contributed by atoms with Gasteiger partial charge in [0.2, 0.25) is 0 Å². The number of aromatic nitrogens is 1. The van der Waals surface area contributed by atoms with Crippen LogP contribution in [-0.2, 0) is 0 Å². The van der Waals surface area contributed by atoms with Crippen molar-refractivity contribution in [1.29, 1.82) is 0 Å².